The molecule has 0 saturated carbocycles. The van der Waals surface area contributed by atoms with E-state index in [-0.39, 0.29) is 0 Å². The summed E-state index contributed by atoms with van der Waals surface area (Å²) in [5.74, 6) is -0.0875. The number of carboxylic acid groups (broad SMARTS) is 1. The molecule has 6 heteroatoms. The second kappa shape index (κ2) is 6.88. The molecule has 1 aromatic heterocycles. The van der Waals surface area contributed by atoms with Gasteiger partial charge in [-0.15, -0.1) is 11.3 Å². The quantitative estimate of drug-likeness (QED) is 0.604. The summed E-state index contributed by atoms with van der Waals surface area (Å²) in [6.07, 6.45) is 1.02. The minimum Gasteiger partial charge on any atom is -0.477 e. The van der Waals surface area contributed by atoms with Crippen LogP contribution in [0, 0.1) is 6.92 Å². The average molecular weight is 261 g/mol. The molecule has 0 aliphatic carbocycles. The molecule has 1 N–H and O–H groups in total. The third-order valence-electron chi connectivity index (χ3n) is 1.77. The molecular weight excluding hydrogens is 246 g/mol. The van der Waals surface area contributed by atoms with Gasteiger partial charge in [-0.2, -0.15) is 0 Å². The van der Waals surface area contributed by atoms with Crippen molar-refractivity contribution in [1.29, 1.82) is 0 Å². The Labute approximate surface area is 103 Å². The van der Waals surface area contributed by atoms with Gasteiger partial charge < -0.3 is 9.84 Å². The first-order valence-electron chi connectivity index (χ1n) is 5.06. The molecule has 1 heterocycles. The van der Waals surface area contributed by atoms with Crippen LogP contribution in [0.25, 0.3) is 0 Å². The van der Waals surface area contributed by atoms with Gasteiger partial charge in [0.15, 0.2) is 4.34 Å². The summed E-state index contributed by atoms with van der Waals surface area (Å²) in [6, 6.07) is 0. The van der Waals surface area contributed by atoms with E-state index in [9.17, 15) is 4.79 Å². The maximum atomic E-state index is 10.8. The van der Waals surface area contributed by atoms with E-state index in [4.69, 9.17) is 9.84 Å². The normalized spacial score (nSPS) is 10.6. The van der Waals surface area contributed by atoms with Crippen LogP contribution >= 0.6 is 23.1 Å². The van der Waals surface area contributed by atoms with E-state index < -0.39 is 5.97 Å². The first-order chi connectivity index (χ1) is 7.65. The molecule has 90 valence electrons. The molecule has 16 heavy (non-hydrogen) atoms. The molecule has 0 amide bonds. The van der Waals surface area contributed by atoms with E-state index in [2.05, 4.69) is 11.9 Å². The van der Waals surface area contributed by atoms with Crippen LogP contribution in [0.15, 0.2) is 4.34 Å². The fourth-order valence-corrected chi connectivity index (χ4v) is 3.02. The Morgan fingerprint density at radius 1 is 1.56 bits per heavy atom. The molecule has 0 aliphatic rings. The molecule has 1 aromatic rings. The molecule has 0 bridgehead atoms. The van der Waals surface area contributed by atoms with Gasteiger partial charge in [-0.25, -0.2) is 9.78 Å². The lowest BCUT2D eigenvalue weighted by Crippen LogP contribution is -1.97. The predicted molar refractivity (Wildman–Crippen MR) is 65.6 cm³/mol. The first-order valence-corrected chi connectivity index (χ1v) is 6.86. The van der Waals surface area contributed by atoms with Gasteiger partial charge in [0.2, 0.25) is 0 Å². The van der Waals surface area contributed by atoms with Crippen molar-refractivity contribution in [3.8, 4) is 0 Å². The van der Waals surface area contributed by atoms with Crippen LogP contribution in [0.2, 0.25) is 0 Å². The molecule has 0 unspecified atom stereocenters. The Hall–Kier alpha value is -0.590. The number of rotatable bonds is 7. The molecule has 4 nitrogen and oxygen atoms in total. The molecule has 0 aliphatic heterocycles. The highest BCUT2D eigenvalue weighted by Crippen LogP contribution is 2.26. The van der Waals surface area contributed by atoms with Crippen molar-refractivity contribution in [2.45, 2.75) is 24.6 Å². The third-order valence-corrected chi connectivity index (χ3v) is 4.03. The average Bonchev–Trinajstić information content (AvgIpc) is 2.59. The van der Waals surface area contributed by atoms with Gasteiger partial charge >= 0.3 is 5.97 Å². The van der Waals surface area contributed by atoms with Crippen LogP contribution in [0.5, 0.6) is 0 Å². The van der Waals surface area contributed by atoms with E-state index >= 15 is 0 Å². The SMILES string of the molecule is CCCOCCSc1nc(C)c(C(=O)O)s1. The number of ether oxygens (including phenoxy) is 1. The molecule has 0 saturated heterocycles. The van der Waals surface area contributed by atoms with Crippen LogP contribution in [0.4, 0.5) is 0 Å². The molecule has 0 aromatic carbocycles. The maximum Gasteiger partial charge on any atom is 0.347 e. The van der Waals surface area contributed by atoms with Crippen molar-refractivity contribution >= 4 is 29.1 Å². The number of aryl methyl sites for hydroxylation is 1. The van der Waals surface area contributed by atoms with Crippen LogP contribution in [0.3, 0.4) is 0 Å². The first kappa shape index (κ1) is 13.5. The summed E-state index contributed by atoms with van der Waals surface area (Å²) in [5.41, 5.74) is 0.592. The van der Waals surface area contributed by atoms with Crippen LogP contribution in [-0.2, 0) is 4.74 Å². The minimum absolute atomic E-state index is 0.331. The summed E-state index contributed by atoms with van der Waals surface area (Å²) < 4.78 is 6.13. The smallest absolute Gasteiger partial charge is 0.347 e. The molecule has 1 rings (SSSR count). The number of hydrogen-bond acceptors (Lipinski definition) is 5. The van der Waals surface area contributed by atoms with Gasteiger partial charge in [-0.1, -0.05) is 18.7 Å². The van der Waals surface area contributed by atoms with Crippen molar-refractivity contribution in [1.82, 2.24) is 4.98 Å². The Morgan fingerprint density at radius 3 is 2.88 bits per heavy atom. The summed E-state index contributed by atoms with van der Waals surface area (Å²) >= 11 is 2.77. The van der Waals surface area contributed by atoms with E-state index in [1.54, 1.807) is 18.7 Å². The van der Waals surface area contributed by atoms with E-state index in [0.29, 0.717) is 17.2 Å². The maximum absolute atomic E-state index is 10.8. The van der Waals surface area contributed by atoms with Gasteiger partial charge in [0.1, 0.15) is 4.88 Å². The number of aromatic nitrogens is 1. The summed E-state index contributed by atoms with van der Waals surface area (Å²) in [6.45, 7) is 5.24. The van der Waals surface area contributed by atoms with Crippen LogP contribution < -0.4 is 0 Å². The van der Waals surface area contributed by atoms with Crippen molar-refractivity contribution in [2.24, 2.45) is 0 Å². The number of nitrogens with zero attached hydrogens (tertiary/aromatic N) is 1. The second-order valence-electron chi connectivity index (χ2n) is 3.16. The minimum atomic E-state index is -0.899. The van der Waals surface area contributed by atoms with Gasteiger partial charge in [0.05, 0.1) is 12.3 Å². The highest BCUT2D eigenvalue weighted by atomic mass is 32.2. The zero-order chi connectivity index (χ0) is 12.0. The molecule has 0 spiro atoms. The van der Waals surface area contributed by atoms with Crippen molar-refractivity contribution in [3.05, 3.63) is 10.6 Å². The highest BCUT2D eigenvalue weighted by Gasteiger charge is 2.13. The van der Waals surface area contributed by atoms with E-state index in [1.165, 1.54) is 11.3 Å². The lowest BCUT2D eigenvalue weighted by atomic mass is 10.4. The topological polar surface area (TPSA) is 59.4 Å². The summed E-state index contributed by atoms with van der Waals surface area (Å²) in [7, 11) is 0. The highest BCUT2D eigenvalue weighted by molar-refractivity contribution is 8.01. The van der Waals surface area contributed by atoms with E-state index in [0.717, 1.165) is 23.1 Å². The van der Waals surface area contributed by atoms with Gasteiger partial charge in [-0.3, -0.25) is 0 Å². The van der Waals surface area contributed by atoms with Gasteiger partial charge in [0, 0.05) is 12.4 Å². The zero-order valence-electron chi connectivity index (χ0n) is 9.36. The number of aromatic carboxylic acids is 1. The Morgan fingerprint density at radius 2 is 2.31 bits per heavy atom. The Kier molecular flexibility index (Phi) is 5.79. The molecule has 0 fully saturated rings. The lowest BCUT2D eigenvalue weighted by molar-refractivity contribution is 0.0701. The predicted octanol–water partition coefficient (Wildman–Crippen LogP) is 2.67. The fraction of sp³-hybridized carbons (Fsp3) is 0.600. The standard InChI is InChI=1S/C10H15NO3S2/c1-3-4-14-5-6-15-10-11-7(2)8(16-10)9(12)13/h3-6H2,1-2H3,(H,12,13). The molecule has 0 radical (unpaired) electrons. The van der Waals surface area contributed by atoms with E-state index in [1.807, 2.05) is 0 Å². The Balaban J connectivity index is 2.37. The molecular formula is C10H15NO3S2. The largest absolute Gasteiger partial charge is 0.477 e. The Bertz CT molecular complexity index is 352. The van der Waals surface area contributed by atoms with Crippen LogP contribution in [-0.4, -0.2) is 35.0 Å². The van der Waals surface area contributed by atoms with Crippen molar-refractivity contribution in [3.63, 3.8) is 0 Å². The van der Waals surface area contributed by atoms with Crippen molar-refractivity contribution < 1.29 is 14.6 Å². The number of carboxylic acids is 1. The van der Waals surface area contributed by atoms with Crippen LogP contribution in [0.1, 0.15) is 28.7 Å². The second-order valence-corrected chi connectivity index (χ2v) is 5.50. The summed E-state index contributed by atoms with van der Waals surface area (Å²) in [5, 5.41) is 8.86. The monoisotopic (exact) mass is 261 g/mol. The van der Waals surface area contributed by atoms with Gasteiger partial charge in [-0.05, 0) is 13.3 Å². The summed E-state index contributed by atoms with van der Waals surface area (Å²) in [4.78, 5) is 15.3. The van der Waals surface area contributed by atoms with Gasteiger partial charge in [0.25, 0.3) is 0 Å². The number of thiazole rings is 1. The molecule has 0 atom stereocenters. The zero-order valence-corrected chi connectivity index (χ0v) is 11.0. The number of thioether (sulfide) groups is 1. The third kappa shape index (κ3) is 4.11. The number of hydrogen-bond donors (Lipinski definition) is 1. The number of carbonyl (C=O) groups is 1. The fourth-order valence-electron chi connectivity index (χ4n) is 1.07. The lowest BCUT2D eigenvalue weighted by Gasteiger charge is -1.99. The van der Waals surface area contributed by atoms with Crippen molar-refractivity contribution in [2.75, 3.05) is 19.0 Å².